The molecule has 1 atom stereocenters. The zero-order valence-electron chi connectivity index (χ0n) is 21.1. The smallest absolute Gasteiger partial charge is 0.444 e. The van der Waals surface area contributed by atoms with Crippen LogP contribution in [0.3, 0.4) is 0 Å². The standard InChI is InChI=1S/C23H39BN4O4/c1-16(2)28(15-17-10-11-27(14-17)20(29)30-21(3,4)5)19-25-12-18(13-26-19)24-31-22(6,7)23(8,9)32-24/h12-13,16-17H,10-11,14-15H2,1-9H3/t17-/m0/s1. The van der Waals surface area contributed by atoms with Gasteiger partial charge in [-0.15, -0.1) is 0 Å². The number of hydrogen-bond acceptors (Lipinski definition) is 7. The van der Waals surface area contributed by atoms with Crippen LogP contribution in [0.4, 0.5) is 10.7 Å². The fourth-order valence-electron chi connectivity index (χ4n) is 3.86. The van der Waals surface area contributed by atoms with Crippen LogP contribution >= 0.6 is 0 Å². The first-order chi connectivity index (χ1) is 14.7. The molecular formula is C23H39BN4O4. The lowest BCUT2D eigenvalue weighted by atomic mass is 9.81. The summed E-state index contributed by atoms with van der Waals surface area (Å²) in [6.07, 6.45) is 4.29. The number of ether oxygens (including phenoxy) is 1. The number of aromatic nitrogens is 2. The van der Waals surface area contributed by atoms with E-state index in [0.29, 0.717) is 25.0 Å². The topological polar surface area (TPSA) is 77.0 Å². The summed E-state index contributed by atoms with van der Waals surface area (Å²) in [6.45, 7) is 20.3. The van der Waals surface area contributed by atoms with Gasteiger partial charge in [0.05, 0.1) is 11.2 Å². The van der Waals surface area contributed by atoms with Crippen LogP contribution in [0.2, 0.25) is 0 Å². The molecule has 1 aromatic rings. The van der Waals surface area contributed by atoms with Gasteiger partial charge in [-0.05, 0) is 74.7 Å². The molecule has 32 heavy (non-hydrogen) atoms. The van der Waals surface area contributed by atoms with Crippen molar-refractivity contribution < 1.29 is 18.8 Å². The van der Waals surface area contributed by atoms with Crippen LogP contribution in [0.1, 0.15) is 68.7 Å². The molecule has 178 valence electrons. The number of carbonyl (C=O) groups is 1. The van der Waals surface area contributed by atoms with E-state index in [0.717, 1.165) is 18.4 Å². The van der Waals surface area contributed by atoms with Crippen LogP contribution in [0.5, 0.6) is 0 Å². The van der Waals surface area contributed by atoms with E-state index in [1.807, 2.05) is 48.5 Å². The summed E-state index contributed by atoms with van der Waals surface area (Å²) in [5, 5.41) is 0. The van der Waals surface area contributed by atoms with Gasteiger partial charge >= 0.3 is 13.2 Å². The molecule has 0 N–H and O–H groups in total. The maximum absolute atomic E-state index is 12.4. The van der Waals surface area contributed by atoms with Gasteiger partial charge in [-0.2, -0.15) is 0 Å². The van der Waals surface area contributed by atoms with Crippen LogP contribution in [0.15, 0.2) is 12.4 Å². The Hall–Kier alpha value is -1.87. The quantitative estimate of drug-likeness (QED) is 0.643. The third-order valence-corrected chi connectivity index (χ3v) is 6.46. The van der Waals surface area contributed by atoms with Gasteiger partial charge in [0.2, 0.25) is 5.95 Å². The van der Waals surface area contributed by atoms with Crippen LogP contribution in [-0.2, 0) is 14.0 Å². The SMILES string of the molecule is CC(C)N(C[C@H]1CCN(C(=O)OC(C)(C)C)C1)c1ncc(B2OC(C)(C)C(C)(C)O2)cn1. The minimum atomic E-state index is -0.480. The van der Waals surface area contributed by atoms with E-state index in [-0.39, 0.29) is 12.1 Å². The van der Waals surface area contributed by atoms with E-state index in [4.69, 9.17) is 14.0 Å². The summed E-state index contributed by atoms with van der Waals surface area (Å²) in [4.78, 5) is 25.7. The molecular weight excluding hydrogens is 407 g/mol. The Morgan fingerprint density at radius 3 is 2.28 bits per heavy atom. The van der Waals surface area contributed by atoms with Gasteiger partial charge < -0.3 is 23.8 Å². The predicted octanol–water partition coefficient (Wildman–Crippen LogP) is 3.25. The normalized spacial score (nSPS) is 22.5. The fraction of sp³-hybridized carbons (Fsp3) is 0.783. The molecule has 0 unspecified atom stereocenters. The minimum Gasteiger partial charge on any atom is -0.444 e. The summed E-state index contributed by atoms with van der Waals surface area (Å²) >= 11 is 0. The van der Waals surface area contributed by atoms with Crippen molar-refractivity contribution in [1.29, 1.82) is 0 Å². The second-order valence-electron chi connectivity index (χ2n) is 11.2. The zero-order chi connectivity index (χ0) is 23.9. The molecule has 0 aliphatic carbocycles. The van der Waals surface area contributed by atoms with E-state index in [9.17, 15) is 4.79 Å². The Labute approximate surface area is 193 Å². The monoisotopic (exact) mass is 446 g/mol. The van der Waals surface area contributed by atoms with Crippen LogP contribution in [0.25, 0.3) is 0 Å². The van der Waals surface area contributed by atoms with Crippen LogP contribution in [0, 0.1) is 5.92 Å². The van der Waals surface area contributed by atoms with Crippen LogP contribution < -0.4 is 10.4 Å². The molecule has 8 nitrogen and oxygen atoms in total. The van der Waals surface area contributed by atoms with Gasteiger partial charge in [-0.25, -0.2) is 14.8 Å². The first kappa shape index (κ1) is 24.8. The van der Waals surface area contributed by atoms with Gasteiger partial charge in [0.25, 0.3) is 0 Å². The second-order valence-corrected chi connectivity index (χ2v) is 11.2. The number of likely N-dealkylation sites (tertiary alicyclic amines) is 1. The van der Waals surface area contributed by atoms with Crippen molar-refractivity contribution in [3.8, 4) is 0 Å². The molecule has 0 spiro atoms. The lowest BCUT2D eigenvalue weighted by Crippen LogP contribution is -2.41. The third kappa shape index (κ3) is 5.54. The van der Waals surface area contributed by atoms with Crippen molar-refractivity contribution >= 4 is 24.6 Å². The van der Waals surface area contributed by atoms with Crippen molar-refractivity contribution in [1.82, 2.24) is 14.9 Å². The Bertz CT molecular complexity index is 791. The summed E-state index contributed by atoms with van der Waals surface area (Å²) in [7, 11) is -0.473. The summed E-state index contributed by atoms with van der Waals surface area (Å²) < 4.78 is 17.7. The summed E-state index contributed by atoms with van der Waals surface area (Å²) in [5.41, 5.74) is -0.467. The maximum Gasteiger partial charge on any atom is 0.498 e. The number of nitrogens with zero attached hydrogens (tertiary/aromatic N) is 4. The Morgan fingerprint density at radius 2 is 1.78 bits per heavy atom. The van der Waals surface area contributed by atoms with Crippen molar-refractivity contribution in [3.05, 3.63) is 12.4 Å². The average molecular weight is 446 g/mol. The molecule has 0 bridgehead atoms. The number of hydrogen-bond donors (Lipinski definition) is 0. The van der Waals surface area contributed by atoms with Crippen molar-refractivity contribution in [2.24, 2.45) is 5.92 Å². The van der Waals surface area contributed by atoms with Crippen LogP contribution in [-0.4, -0.2) is 70.6 Å². The maximum atomic E-state index is 12.4. The third-order valence-electron chi connectivity index (χ3n) is 6.46. The molecule has 2 saturated heterocycles. The van der Waals surface area contributed by atoms with Gasteiger partial charge in [0.1, 0.15) is 5.60 Å². The molecule has 2 aliphatic heterocycles. The molecule has 1 aromatic heterocycles. The lowest BCUT2D eigenvalue weighted by molar-refractivity contribution is 0.00578. The average Bonchev–Trinajstić information content (AvgIpc) is 3.20. The molecule has 0 aromatic carbocycles. The van der Waals surface area contributed by atoms with Gasteiger partial charge in [-0.3, -0.25) is 0 Å². The number of carbonyl (C=O) groups excluding carboxylic acids is 1. The Balaban J connectivity index is 1.64. The van der Waals surface area contributed by atoms with E-state index in [1.165, 1.54) is 0 Å². The molecule has 2 aliphatic rings. The van der Waals surface area contributed by atoms with Crippen molar-refractivity contribution in [3.63, 3.8) is 0 Å². The highest BCUT2D eigenvalue weighted by molar-refractivity contribution is 6.61. The first-order valence-corrected chi connectivity index (χ1v) is 11.6. The molecule has 1 amide bonds. The number of rotatable bonds is 5. The molecule has 0 saturated carbocycles. The van der Waals surface area contributed by atoms with E-state index >= 15 is 0 Å². The molecule has 2 fully saturated rings. The lowest BCUT2D eigenvalue weighted by Gasteiger charge is -2.32. The molecule has 3 rings (SSSR count). The van der Waals surface area contributed by atoms with E-state index < -0.39 is 23.9 Å². The minimum absolute atomic E-state index is 0.230. The molecule has 0 radical (unpaired) electrons. The molecule has 9 heteroatoms. The predicted molar refractivity (Wildman–Crippen MR) is 126 cm³/mol. The van der Waals surface area contributed by atoms with Crippen molar-refractivity contribution in [2.75, 3.05) is 24.5 Å². The first-order valence-electron chi connectivity index (χ1n) is 11.6. The summed E-state index contributed by atoms with van der Waals surface area (Å²) in [5.74, 6) is 1.02. The number of anilines is 1. The fourth-order valence-corrected chi connectivity index (χ4v) is 3.86. The number of amides is 1. The highest BCUT2D eigenvalue weighted by atomic mass is 16.7. The van der Waals surface area contributed by atoms with E-state index in [1.54, 1.807) is 17.3 Å². The Kier molecular flexibility index (Phi) is 6.83. The van der Waals surface area contributed by atoms with Gasteiger partial charge in [-0.1, -0.05) is 0 Å². The molecule has 3 heterocycles. The second kappa shape index (κ2) is 8.82. The van der Waals surface area contributed by atoms with Crippen molar-refractivity contribution in [2.45, 2.75) is 91.6 Å². The van der Waals surface area contributed by atoms with Gasteiger partial charge in [0.15, 0.2) is 0 Å². The van der Waals surface area contributed by atoms with E-state index in [2.05, 4.69) is 28.7 Å². The summed E-state index contributed by atoms with van der Waals surface area (Å²) in [6, 6.07) is 0.230. The highest BCUT2D eigenvalue weighted by Crippen LogP contribution is 2.36. The van der Waals surface area contributed by atoms with Gasteiger partial charge in [0, 0.05) is 43.5 Å². The Morgan fingerprint density at radius 1 is 1.22 bits per heavy atom. The highest BCUT2D eigenvalue weighted by Gasteiger charge is 2.52. The largest absolute Gasteiger partial charge is 0.498 e. The zero-order valence-corrected chi connectivity index (χ0v) is 21.1.